The highest BCUT2D eigenvalue weighted by Gasteiger charge is 2.18. The number of thiophene rings is 2. The summed E-state index contributed by atoms with van der Waals surface area (Å²) in [6.45, 7) is 9.14. The van der Waals surface area contributed by atoms with Crippen molar-refractivity contribution in [3.8, 4) is 23.7 Å². The summed E-state index contributed by atoms with van der Waals surface area (Å²) < 4.78 is 2.64. The average Bonchev–Trinajstić information content (AvgIpc) is 3.79. The summed E-state index contributed by atoms with van der Waals surface area (Å²) in [5, 5.41) is 2.60. The Morgan fingerprint density at radius 1 is 0.385 bits per heavy atom. The van der Waals surface area contributed by atoms with E-state index in [1.165, 1.54) is 155 Å². The molecule has 0 atom stereocenters. The number of hydrogen-bond acceptors (Lipinski definition) is 2. The van der Waals surface area contributed by atoms with Crippen LogP contribution in [0.3, 0.4) is 0 Å². The monoisotopic (exact) mass is 726 g/mol. The van der Waals surface area contributed by atoms with Crippen molar-refractivity contribution < 1.29 is 0 Å². The maximum absolute atomic E-state index is 3.76. The lowest BCUT2D eigenvalue weighted by Gasteiger charge is -2.04. The summed E-state index contributed by atoms with van der Waals surface area (Å²) in [6.07, 6.45) is 25.2. The summed E-state index contributed by atoms with van der Waals surface area (Å²) in [5.41, 5.74) is 7.45. The lowest BCUT2D eigenvalue weighted by atomic mass is 10.00. The molecular weight excluding hydrogens is 665 g/mol. The minimum absolute atomic E-state index is 1.10. The average molecular weight is 727 g/mol. The number of benzene rings is 3. The van der Waals surface area contributed by atoms with E-state index in [9.17, 15) is 0 Å². The molecule has 2 heteroatoms. The topological polar surface area (TPSA) is 0 Å². The van der Waals surface area contributed by atoms with E-state index in [2.05, 4.69) is 112 Å². The Bertz CT molecular complexity index is 1730. The largest absolute Gasteiger partial charge is 0.139 e. The van der Waals surface area contributed by atoms with Gasteiger partial charge in [-0.1, -0.05) is 153 Å². The molecule has 5 aromatic rings. The van der Waals surface area contributed by atoms with Gasteiger partial charge in [-0.3, -0.25) is 0 Å². The van der Waals surface area contributed by atoms with Gasteiger partial charge in [0.05, 0.1) is 20.5 Å². The van der Waals surface area contributed by atoms with Crippen LogP contribution in [0.5, 0.6) is 0 Å². The number of fused-ring (bicyclic) bond motifs is 2. The van der Waals surface area contributed by atoms with Gasteiger partial charge >= 0.3 is 0 Å². The number of rotatable bonds is 20. The number of aryl methyl sites for hydroxylation is 4. The number of hydrogen-bond donors (Lipinski definition) is 0. The molecule has 0 spiro atoms. The molecule has 5 rings (SSSR count). The van der Waals surface area contributed by atoms with Crippen molar-refractivity contribution in [3.63, 3.8) is 0 Å². The summed E-state index contributed by atoms with van der Waals surface area (Å²) in [5.74, 6) is 14.7. The van der Waals surface area contributed by atoms with Crippen LogP contribution in [0.2, 0.25) is 0 Å². The first-order chi connectivity index (χ1) is 25.6. The van der Waals surface area contributed by atoms with E-state index in [-0.39, 0.29) is 0 Å². The molecule has 3 aromatic carbocycles. The van der Waals surface area contributed by atoms with Crippen LogP contribution in [0.25, 0.3) is 20.2 Å². The van der Waals surface area contributed by atoms with Crippen LogP contribution in [0.1, 0.15) is 174 Å². The third kappa shape index (κ3) is 11.9. The zero-order chi connectivity index (χ0) is 36.4. The molecule has 0 aliphatic rings. The van der Waals surface area contributed by atoms with Crippen molar-refractivity contribution in [2.24, 2.45) is 0 Å². The fourth-order valence-corrected chi connectivity index (χ4v) is 9.55. The smallest absolute Gasteiger partial charge is 0.0522 e. The van der Waals surface area contributed by atoms with E-state index in [1.54, 1.807) is 0 Å². The van der Waals surface area contributed by atoms with Gasteiger partial charge in [-0.2, -0.15) is 0 Å². The van der Waals surface area contributed by atoms with E-state index >= 15 is 0 Å². The van der Waals surface area contributed by atoms with Crippen LogP contribution in [-0.4, -0.2) is 0 Å². The molecule has 0 saturated heterocycles. The summed E-state index contributed by atoms with van der Waals surface area (Å²) in [7, 11) is 0. The highest BCUT2D eigenvalue weighted by Crippen LogP contribution is 2.42. The SMILES string of the molecule is CCCCCCc1ccc(C#Cc2c3cc(CCCCCC)sc3c(C#Cc3ccc(CCCCCC)cc3)c3cc(CCCCCC)sc23)cc1. The lowest BCUT2D eigenvalue weighted by Crippen LogP contribution is -1.87. The molecule has 0 radical (unpaired) electrons. The fraction of sp³-hybridized carbons (Fsp3) is 0.480. The normalized spacial score (nSPS) is 11.2. The van der Waals surface area contributed by atoms with Crippen LogP contribution >= 0.6 is 22.7 Å². The Morgan fingerprint density at radius 2 is 0.731 bits per heavy atom. The van der Waals surface area contributed by atoms with Gasteiger partial charge in [0, 0.05) is 31.7 Å². The van der Waals surface area contributed by atoms with E-state index in [0.29, 0.717) is 0 Å². The van der Waals surface area contributed by atoms with Gasteiger partial charge in [-0.25, -0.2) is 0 Å². The third-order valence-corrected chi connectivity index (χ3v) is 12.7. The maximum Gasteiger partial charge on any atom is 0.0522 e. The summed E-state index contributed by atoms with van der Waals surface area (Å²) >= 11 is 3.93. The Morgan fingerprint density at radius 3 is 1.08 bits per heavy atom. The van der Waals surface area contributed by atoms with Crippen LogP contribution in [0.15, 0.2) is 60.7 Å². The van der Waals surface area contributed by atoms with E-state index in [4.69, 9.17) is 0 Å². The van der Waals surface area contributed by atoms with Gasteiger partial charge in [0.25, 0.3) is 0 Å². The van der Waals surface area contributed by atoms with Gasteiger partial charge in [-0.05, 0) is 98.9 Å². The Balaban J connectivity index is 1.54. The first-order valence-electron chi connectivity index (χ1n) is 20.9. The van der Waals surface area contributed by atoms with Crippen molar-refractivity contribution in [2.45, 2.75) is 156 Å². The molecule has 0 aliphatic carbocycles. The predicted octanol–water partition coefficient (Wildman–Crippen LogP) is 15.4. The summed E-state index contributed by atoms with van der Waals surface area (Å²) in [6, 6.07) is 23.0. The summed E-state index contributed by atoms with van der Waals surface area (Å²) in [4.78, 5) is 2.93. The second-order valence-electron chi connectivity index (χ2n) is 14.8. The first-order valence-corrected chi connectivity index (χ1v) is 22.5. The highest BCUT2D eigenvalue weighted by atomic mass is 32.1. The Hall–Kier alpha value is -3.30. The van der Waals surface area contributed by atoms with Gasteiger partial charge in [0.2, 0.25) is 0 Å². The fourth-order valence-electron chi connectivity index (χ4n) is 7.11. The van der Waals surface area contributed by atoms with Gasteiger partial charge in [0.1, 0.15) is 0 Å². The maximum atomic E-state index is 3.76. The molecule has 0 amide bonds. The van der Waals surface area contributed by atoms with Crippen LogP contribution in [0, 0.1) is 23.7 Å². The van der Waals surface area contributed by atoms with E-state index in [1.807, 2.05) is 22.7 Å². The predicted molar refractivity (Wildman–Crippen MR) is 233 cm³/mol. The Kier molecular flexibility index (Phi) is 16.9. The molecule has 0 N–H and O–H groups in total. The molecule has 274 valence electrons. The highest BCUT2D eigenvalue weighted by molar-refractivity contribution is 7.21. The number of unbranched alkanes of at least 4 members (excludes halogenated alkanes) is 12. The molecule has 0 unspecified atom stereocenters. The Labute approximate surface area is 324 Å². The molecule has 0 nitrogen and oxygen atoms in total. The van der Waals surface area contributed by atoms with Gasteiger partial charge < -0.3 is 0 Å². The van der Waals surface area contributed by atoms with Crippen molar-refractivity contribution >= 4 is 42.8 Å². The molecule has 0 aliphatic heterocycles. The zero-order valence-corrected chi connectivity index (χ0v) is 34.4. The molecule has 2 aromatic heterocycles. The third-order valence-electron chi connectivity index (χ3n) is 10.3. The van der Waals surface area contributed by atoms with Crippen molar-refractivity contribution in [1.82, 2.24) is 0 Å². The van der Waals surface area contributed by atoms with Crippen LogP contribution in [-0.2, 0) is 25.7 Å². The standard InChI is InChI=1S/C50H62S2/c1-5-9-13-17-21-39-25-29-41(30-26-39)33-35-45-47-37-43(23-19-15-11-7-3)52-50(47)46(48-38-44(51-49(45)48)24-20-16-12-8-4)36-34-42-31-27-40(28-32-42)22-18-14-10-6-2/h25-32,37-38H,5-24H2,1-4H3. The molecular formula is C50H62S2. The van der Waals surface area contributed by atoms with Gasteiger partial charge in [-0.15, -0.1) is 22.7 Å². The molecule has 2 heterocycles. The molecule has 52 heavy (non-hydrogen) atoms. The molecule has 0 bridgehead atoms. The quantitative estimate of drug-likeness (QED) is 0.0553. The van der Waals surface area contributed by atoms with Crippen molar-refractivity contribution in [1.29, 1.82) is 0 Å². The van der Waals surface area contributed by atoms with E-state index < -0.39 is 0 Å². The molecule has 0 fully saturated rings. The first kappa shape index (κ1) is 39.9. The van der Waals surface area contributed by atoms with Crippen molar-refractivity contribution in [2.75, 3.05) is 0 Å². The minimum Gasteiger partial charge on any atom is -0.139 e. The lowest BCUT2D eigenvalue weighted by molar-refractivity contribution is 0.667. The zero-order valence-electron chi connectivity index (χ0n) is 32.7. The second-order valence-corrected chi connectivity index (χ2v) is 17.1. The van der Waals surface area contributed by atoms with Crippen LogP contribution in [0.4, 0.5) is 0 Å². The van der Waals surface area contributed by atoms with Crippen LogP contribution < -0.4 is 0 Å². The minimum atomic E-state index is 1.10. The molecule has 0 saturated carbocycles. The van der Waals surface area contributed by atoms with E-state index in [0.717, 1.165) is 36.8 Å². The van der Waals surface area contributed by atoms with Crippen molar-refractivity contribution in [3.05, 3.63) is 104 Å². The van der Waals surface area contributed by atoms with Gasteiger partial charge in [0.15, 0.2) is 0 Å². The second kappa shape index (κ2) is 22.0.